The molecule has 29 heavy (non-hydrogen) atoms. The van der Waals surface area contributed by atoms with E-state index in [4.69, 9.17) is 9.97 Å². The van der Waals surface area contributed by atoms with Gasteiger partial charge in [0, 0.05) is 43.4 Å². The second-order valence-electron chi connectivity index (χ2n) is 7.09. The number of phenols is 1. The van der Waals surface area contributed by atoms with Crippen molar-refractivity contribution in [3.05, 3.63) is 72.9 Å². The van der Waals surface area contributed by atoms with Gasteiger partial charge in [-0.3, -0.25) is 4.98 Å². The first-order valence-electron chi connectivity index (χ1n) is 9.75. The van der Waals surface area contributed by atoms with E-state index >= 15 is 0 Å². The van der Waals surface area contributed by atoms with E-state index in [9.17, 15) is 5.11 Å². The lowest BCUT2D eigenvalue weighted by Gasteiger charge is -2.37. The van der Waals surface area contributed by atoms with Crippen molar-refractivity contribution in [1.82, 2.24) is 15.0 Å². The summed E-state index contributed by atoms with van der Waals surface area (Å²) in [4.78, 5) is 18.7. The number of aromatic hydroxyl groups is 1. The van der Waals surface area contributed by atoms with Crippen molar-refractivity contribution in [2.45, 2.75) is 0 Å². The molecule has 0 saturated carbocycles. The monoisotopic (exact) mass is 383 g/mol. The summed E-state index contributed by atoms with van der Waals surface area (Å²) < 4.78 is 0. The van der Waals surface area contributed by atoms with E-state index in [-0.39, 0.29) is 0 Å². The molecule has 5 rings (SSSR count). The highest BCUT2D eigenvalue weighted by atomic mass is 16.3. The smallest absolute Gasteiger partial charge is 0.180 e. The lowest BCUT2D eigenvalue weighted by molar-refractivity contribution is 0.475. The first-order valence-corrected chi connectivity index (χ1v) is 9.75. The van der Waals surface area contributed by atoms with Gasteiger partial charge in [-0.25, -0.2) is 9.97 Å². The zero-order valence-corrected chi connectivity index (χ0v) is 15.9. The van der Waals surface area contributed by atoms with Crippen LogP contribution in [0.3, 0.4) is 0 Å². The highest BCUT2D eigenvalue weighted by Crippen LogP contribution is 2.28. The molecule has 6 heteroatoms. The summed E-state index contributed by atoms with van der Waals surface area (Å²) in [6.07, 6.45) is 1.77. The number of anilines is 2. The third-order valence-corrected chi connectivity index (χ3v) is 5.27. The fourth-order valence-corrected chi connectivity index (χ4v) is 3.75. The molecule has 1 saturated heterocycles. The summed E-state index contributed by atoms with van der Waals surface area (Å²) in [5.74, 6) is 1.91. The van der Waals surface area contributed by atoms with Crippen LogP contribution < -0.4 is 9.80 Å². The molecule has 144 valence electrons. The minimum absolute atomic E-state index is 0.293. The van der Waals surface area contributed by atoms with Gasteiger partial charge in [-0.2, -0.15) is 0 Å². The Hall–Kier alpha value is -3.67. The summed E-state index contributed by atoms with van der Waals surface area (Å²) in [6.45, 7) is 3.51. The number of fused-ring (bicyclic) bond motifs is 1. The number of benzene rings is 2. The number of hydrogen-bond acceptors (Lipinski definition) is 6. The first kappa shape index (κ1) is 17.4. The zero-order valence-electron chi connectivity index (χ0n) is 15.9. The van der Waals surface area contributed by atoms with Crippen LogP contribution in [0.4, 0.5) is 11.5 Å². The highest BCUT2D eigenvalue weighted by molar-refractivity contribution is 5.91. The predicted molar refractivity (Wildman–Crippen MR) is 115 cm³/mol. The topological polar surface area (TPSA) is 65.4 Å². The SMILES string of the molecule is Oc1ccc(N2CCN(c3nc(-c4ccccn4)nc4ccccc34)CC2)cc1. The Balaban J connectivity index is 1.46. The third-order valence-electron chi connectivity index (χ3n) is 5.27. The Bertz CT molecular complexity index is 1120. The van der Waals surface area contributed by atoms with Gasteiger partial charge in [0.2, 0.25) is 0 Å². The van der Waals surface area contributed by atoms with E-state index in [0.29, 0.717) is 11.6 Å². The van der Waals surface area contributed by atoms with Crippen LogP contribution in [-0.2, 0) is 0 Å². The molecule has 0 aliphatic carbocycles. The molecule has 1 fully saturated rings. The summed E-state index contributed by atoms with van der Waals surface area (Å²) in [7, 11) is 0. The highest BCUT2D eigenvalue weighted by Gasteiger charge is 2.21. The normalized spacial score (nSPS) is 14.3. The largest absolute Gasteiger partial charge is 0.508 e. The number of hydrogen-bond donors (Lipinski definition) is 1. The van der Waals surface area contributed by atoms with Gasteiger partial charge in [-0.1, -0.05) is 18.2 Å². The average molecular weight is 383 g/mol. The molecule has 6 nitrogen and oxygen atoms in total. The van der Waals surface area contributed by atoms with E-state index in [1.807, 2.05) is 48.5 Å². The number of piperazine rings is 1. The van der Waals surface area contributed by atoms with E-state index in [2.05, 4.69) is 20.9 Å². The zero-order chi connectivity index (χ0) is 19.6. The second kappa shape index (κ2) is 7.39. The molecule has 0 atom stereocenters. The number of phenolic OH excluding ortho intramolecular Hbond substituents is 1. The van der Waals surface area contributed by atoms with Crippen LogP contribution in [0.2, 0.25) is 0 Å². The molecule has 3 heterocycles. The van der Waals surface area contributed by atoms with Crippen LogP contribution >= 0.6 is 0 Å². The van der Waals surface area contributed by atoms with Crippen LogP contribution in [0.15, 0.2) is 72.9 Å². The Morgan fingerprint density at radius 2 is 1.45 bits per heavy atom. The maximum atomic E-state index is 9.52. The third kappa shape index (κ3) is 3.45. The van der Waals surface area contributed by atoms with Crippen molar-refractivity contribution in [2.75, 3.05) is 36.0 Å². The summed E-state index contributed by atoms with van der Waals surface area (Å²) >= 11 is 0. The molecule has 1 aliphatic heterocycles. The number of pyridine rings is 1. The van der Waals surface area contributed by atoms with Crippen molar-refractivity contribution in [2.24, 2.45) is 0 Å². The molecule has 1 aliphatic rings. The molecule has 0 amide bonds. The molecular weight excluding hydrogens is 362 g/mol. The van der Waals surface area contributed by atoms with Gasteiger partial charge in [0.25, 0.3) is 0 Å². The van der Waals surface area contributed by atoms with Crippen LogP contribution in [0.25, 0.3) is 22.4 Å². The molecule has 2 aromatic heterocycles. The van der Waals surface area contributed by atoms with Crippen LogP contribution in [-0.4, -0.2) is 46.2 Å². The molecular formula is C23H21N5O. The molecule has 0 radical (unpaired) electrons. The Morgan fingerprint density at radius 3 is 2.21 bits per heavy atom. The van der Waals surface area contributed by atoms with Gasteiger partial charge >= 0.3 is 0 Å². The Labute approximate surface area is 169 Å². The van der Waals surface area contributed by atoms with Gasteiger partial charge in [0.05, 0.1) is 5.52 Å². The average Bonchev–Trinajstić information content (AvgIpc) is 2.80. The maximum Gasteiger partial charge on any atom is 0.180 e. The van der Waals surface area contributed by atoms with Gasteiger partial charge < -0.3 is 14.9 Å². The van der Waals surface area contributed by atoms with Gasteiger partial charge in [0.15, 0.2) is 5.82 Å². The predicted octanol–water partition coefficient (Wildman–Crippen LogP) is 3.72. The molecule has 0 spiro atoms. The first-order chi connectivity index (χ1) is 14.3. The van der Waals surface area contributed by atoms with E-state index in [0.717, 1.165) is 54.3 Å². The van der Waals surface area contributed by atoms with Crippen molar-refractivity contribution in [3.8, 4) is 17.3 Å². The van der Waals surface area contributed by atoms with Crippen LogP contribution in [0.1, 0.15) is 0 Å². The quantitative estimate of drug-likeness (QED) is 0.582. The standard InChI is InChI=1S/C23H21N5O/c29-18-10-8-17(9-11-18)27-13-15-28(16-14-27)23-19-5-1-2-6-20(19)25-22(26-23)21-7-3-4-12-24-21/h1-12,29H,13-16H2. The van der Waals surface area contributed by atoms with Gasteiger partial charge in [0.1, 0.15) is 17.3 Å². The van der Waals surface area contributed by atoms with E-state index in [1.165, 1.54) is 0 Å². The molecule has 0 unspecified atom stereocenters. The van der Waals surface area contributed by atoms with Crippen LogP contribution in [0.5, 0.6) is 5.75 Å². The minimum atomic E-state index is 0.293. The summed E-state index contributed by atoms with van der Waals surface area (Å²) in [5.41, 5.74) is 2.84. The van der Waals surface area contributed by atoms with Crippen LogP contribution in [0, 0.1) is 0 Å². The summed E-state index contributed by atoms with van der Waals surface area (Å²) in [5, 5.41) is 10.6. The van der Waals surface area contributed by atoms with Crippen molar-refractivity contribution in [1.29, 1.82) is 0 Å². The van der Waals surface area contributed by atoms with E-state index in [1.54, 1.807) is 18.3 Å². The molecule has 4 aromatic rings. The van der Waals surface area contributed by atoms with Crippen molar-refractivity contribution >= 4 is 22.4 Å². The molecule has 2 aromatic carbocycles. The minimum Gasteiger partial charge on any atom is -0.508 e. The Morgan fingerprint density at radius 1 is 0.724 bits per heavy atom. The lowest BCUT2D eigenvalue weighted by Crippen LogP contribution is -2.47. The fourth-order valence-electron chi connectivity index (χ4n) is 3.75. The van der Waals surface area contributed by atoms with Crippen molar-refractivity contribution < 1.29 is 5.11 Å². The number of nitrogens with zero attached hydrogens (tertiary/aromatic N) is 5. The number of rotatable bonds is 3. The van der Waals surface area contributed by atoms with Gasteiger partial charge in [-0.05, 0) is 48.5 Å². The second-order valence-corrected chi connectivity index (χ2v) is 7.09. The molecule has 1 N–H and O–H groups in total. The Kier molecular flexibility index (Phi) is 4.44. The number of aromatic nitrogens is 3. The fraction of sp³-hybridized carbons (Fsp3) is 0.174. The lowest BCUT2D eigenvalue weighted by atomic mass is 10.2. The van der Waals surface area contributed by atoms with E-state index < -0.39 is 0 Å². The maximum absolute atomic E-state index is 9.52. The summed E-state index contributed by atoms with van der Waals surface area (Å²) in [6, 6.07) is 21.3. The number of para-hydroxylation sites is 1. The van der Waals surface area contributed by atoms with Crippen molar-refractivity contribution in [3.63, 3.8) is 0 Å². The molecule has 0 bridgehead atoms. The van der Waals surface area contributed by atoms with Gasteiger partial charge in [-0.15, -0.1) is 0 Å².